The Morgan fingerprint density at radius 1 is 1.23 bits per heavy atom. The predicted molar refractivity (Wildman–Crippen MR) is 101 cm³/mol. The van der Waals surface area contributed by atoms with E-state index in [0.717, 1.165) is 62.9 Å². The fourth-order valence-corrected chi connectivity index (χ4v) is 3.50. The molecule has 0 spiro atoms. The number of rotatable bonds is 6. The highest BCUT2D eigenvalue weighted by molar-refractivity contribution is 5.76. The minimum absolute atomic E-state index is 0.187. The van der Waals surface area contributed by atoms with Crippen molar-refractivity contribution in [2.75, 3.05) is 32.7 Å². The van der Waals surface area contributed by atoms with Crippen molar-refractivity contribution in [1.82, 2.24) is 19.4 Å². The Balaban J connectivity index is 1.45. The maximum Gasteiger partial charge on any atom is 0.242 e. The van der Waals surface area contributed by atoms with Crippen molar-refractivity contribution in [3.8, 4) is 0 Å². The molecule has 1 aliphatic heterocycles. The Morgan fingerprint density at radius 2 is 2.08 bits per heavy atom. The highest BCUT2D eigenvalue weighted by Gasteiger charge is 2.20. The summed E-state index contributed by atoms with van der Waals surface area (Å²) in [6.07, 6.45) is 5.72. The lowest BCUT2D eigenvalue weighted by molar-refractivity contribution is -0.131. The Labute approximate surface area is 155 Å². The maximum atomic E-state index is 12.6. The van der Waals surface area contributed by atoms with E-state index in [2.05, 4.69) is 22.9 Å². The van der Waals surface area contributed by atoms with Crippen molar-refractivity contribution in [3.05, 3.63) is 41.9 Å². The van der Waals surface area contributed by atoms with Gasteiger partial charge in [0.1, 0.15) is 23.9 Å². The van der Waals surface area contributed by atoms with Crippen LogP contribution in [0.5, 0.6) is 0 Å². The van der Waals surface area contributed by atoms with Gasteiger partial charge in [0.2, 0.25) is 5.91 Å². The van der Waals surface area contributed by atoms with E-state index in [0.29, 0.717) is 12.5 Å². The average molecular weight is 358 g/mol. The molecule has 0 aromatic carbocycles. The maximum absolute atomic E-state index is 12.6. The van der Waals surface area contributed by atoms with Crippen molar-refractivity contribution in [2.24, 2.45) is 0 Å². The molecule has 1 saturated heterocycles. The zero-order valence-corrected chi connectivity index (χ0v) is 16.1. The molecule has 3 rings (SSSR count). The number of carbonyl (C=O) groups excluding carboxylic acids is 1. The van der Waals surface area contributed by atoms with Gasteiger partial charge in [0.15, 0.2) is 0 Å². The first kappa shape index (κ1) is 18.7. The summed E-state index contributed by atoms with van der Waals surface area (Å²) in [4.78, 5) is 21.2. The fraction of sp³-hybridized carbons (Fsp3) is 0.600. The lowest BCUT2D eigenvalue weighted by Crippen LogP contribution is -2.37. The van der Waals surface area contributed by atoms with Crippen molar-refractivity contribution >= 4 is 5.91 Å². The van der Waals surface area contributed by atoms with Gasteiger partial charge < -0.3 is 18.8 Å². The molecule has 0 N–H and O–H groups in total. The zero-order chi connectivity index (χ0) is 18.5. The van der Waals surface area contributed by atoms with E-state index in [1.165, 1.54) is 0 Å². The highest BCUT2D eigenvalue weighted by Crippen LogP contribution is 2.21. The fourth-order valence-electron chi connectivity index (χ4n) is 3.50. The second kappa shape index (κ2) is 8.54. The number of imidazole rings is 1. The van der Waals surface area contributed by atoms with Gasteiger partial charge in [-0.25, -0.2) is 4.98 Å². The Kier molecular flexibility index (Phi) is 6.14. The van der Waals surface area contributed by atoms with Gasteiger partial charge >= 0.3 is 0 Å². The molecule has 6 nitrogen and oxygen atoms in total. The summed E-state index contributed by atoms with van der Waals surface area (Å²) < 4.78 is 7.65. The third-order valence-corrected chi connectivity index (χ3v) is 5.30. The average Bonchev–Trinajstić information content (AvgIpc) is 3.14. The van der Waals surface area contributed by atoms with Crippen LogP contribution in [0, 0.1) is 13.8 Å². The van der Waals surface area contributed by atoms with Gasteiger partial charge in [0, 0.05) is 37.9 Å². The molecule has 1 atom stereocenters. The van der Waals surface area contributed by atoms with E-state index in [1.807, 2.05) is 35.6 Å². The number of hydrogen-bond donors (Lipinski definition) is 0. The third-order valence-electron chi connectivity index (χ3n) is 5.30. The van der Waals surface area contributed by atoms with E-state index in [1.54, 1.807) is 6.20 Å². The quantitative estimate of drug-likeness (QED) is 0.797. The van der Waals surface area contributed by atoms with Crippen molar-refractivity contribution in [2.45, 2.75) is 46.1 Å². The zero-order valence-electron chi connectivity index (χ0n) is 16.1. The van der Waals surface area contributed by atoms with Gasteiger partial charge in [-0.3, -0.25) is 4.79 Å². The molecule has 1 amide bonds. The summed E-state index contributed by atoms with van der Waals surface area (Å²) in [5.74, 6) is 3.55. The van der Waals surface area contributed by atoms with Gasteiger partial charge in [-0.15, -0.1) is 0 Å². The first-order valence-electron chi connectivity index (χ1n) is 9.57. The highest BCUT2D eigenvalue weighted by atomic mass is 16.3. The molecule has 0 bridgehead atoms. The summed E-state index contributed by atoms with van der Waals surface area (Å²) in [6, 6.07) is 4.12. The van der Waals surface area contributed by atoms with Crippen LogP contribution < -0.4 is 0 Å². The normalized spacial score (nSPS) is 17.3. The molecule has 1 unspecified atom stereocenters. The van der Waals surface area contributed by atoms with Gasteiger partial charge in [-0.1, -0.05) is 6.92 Å². The minimum atomic E-state index is 0.187. The number of aryl methyl sites for hydroxylation is 2. The second-order valence-corrected chi connectivity index (χ2v) is 7.32. The van der Waals surface area contributed by atoms with E-state index in [4.69, 9.17) is 4.42 Å². The molecule has 0 aliphatic carbocycles. The Bertz CT molecular complexity index is 721. The lowest BCUT2D eigenvalue weighted by atomic mass is 10.0. The Morgan fingerprint density at radius 3 is 2.77 bits per heavy atom. The topological polar surface area (TPSA) is 54.5 Å². The number of hydrogen-bond acceptors (Lipinski definition) is 4. The van der Waals surface area contributed by atoms with Crippen LogP contribution in [0.3, 0.4) is 0 Å². The van der Waals surface area contributed by atoms with Crippen LogP contribution in [0.25, 0.3) is 0 Å². The third kappa shape index (κ3) is 4.75. The first-order valence-corrected chi connectivity index (χ1v) is 9.57. The first-order chi connectivity index (χ1) is 12.5. The number of aromatic nitrogens is 2. The van der Waals surface area contributed by atoms with Crippen molar-refractivity contribution < 1.29 is 9.21 Å². The van der Waals surface area contributed by atoms with Crippen LogP contribution in [0.2, 0.25) is 0 Å². The van der Waals surface area contributed by atoms with Crippen LogP contribution in [0.1, 0.15) is 43.0 Å². The van der Waals surface area contributed by atoms with Crippen LogP contribution in [0.4, 0.5) is 0 Å². The predicted octanol–water partition coefficient (Wildman–Crippen LogP) is 2.82. The standard InChI is InChI=1S/C20H30N4O2/c1-16(19-6-5-17(2)26-19)7-11-22-9-4-10-23(14-13-22)20(25)15-24-12-8-21-18(24)3/h5-6,8,12,16H,4,7,9-11,13-15H2,1-3H3. The molecule has 142 valence electrons. The van der Waals surface area contributed by atoms with Gasteiger partial charge in [0.25, 0.3) is 0 Å². The van der Waals surface area contributed by atoms with Crippen LogP contribution in [-0.4, -0.2) is 58.0 Å². The summed E-state index contributed by atoms with van der Waals surface area (Å²) in [5.41, 5.74) is 0. The molecule has 0 saturated carbocycles. The molecular formula is C20H30N4O2. The minimum Gasteiger partial charge on any atom is -0.466 e. The summed E-state index contributed by atoms with van der Waals surface area (Å²) in [7, 11) is 0. The summed E-state index contributed by atoms with van der Waals surface area (Å²) in [5, 5.41) is 0. The monoisotopic (exact) mass is 358 g/mol. The number of nitrogens with zero attached hydrogens (tertiary/aromatic N) is 4. The SMILES string of the molecule is Cc1ccc(C(C)CCN2CCCN(C(=O)Cn3ccnc3C)CC2)o1. The molecule has 1 fully saturated rings. The van der Waals surface area contributed by atoms with Crippen LogP contribution >= 0.6 is 0 Å². The lowest BCUT2D eigenvalue weighted by Gasteiger charge is -2.23. The molecule has 6 heteroatoms. The molecule has 2 aromatic rings. The second-order valence-electron chi connectivity index (χ2n) is 7.32. The van der Waals surface area contributed by atoms with Gasteiger partial charge in [-0.05, 0) is 51.9 Å². The molecule has 0 radical (unpaired) electrons. The van der Waals surface area contributed by atoms with Crippen LogP contribution in [0.15, 0.2) is 28.9 Å². The van der Waals surface area contributed by atoms with Crippen molar-refractivity contribution in [3.63, 3.8) is 0 Å². The molecule has 26 heavy (non-hydrogen) atoms. The number of carbonyl (C=O) groups is 1. The summed E-state index contributed by atoms with van der Waals surface area (Å²) >= 11 is 0. The summed E-state index contributed by atoms with van der Waals surface area (Å²) in [6.45, 7) is 11.2. The smallest absolute Gasteiger partial charge is 0.242 e. The van der Waals surface area contributed by atoms with E-state index < -0.39 is 0 Å². The molecule has 2 aromatic heterocycles. The molecule has 3 heterocycles. The largest absolute Gasteiger partial charge is 0.466 e. The Hall–Kier alpha value is -2.08. The van der Waals surface area contributed by atoms with E-state index in [9.17, 15) is 4.79 Å². The van der Waals surface area contributed by atoms with Crippen molar-refractivity contribution in [1.29, 1.82) is 0 Å². The number of amides is 1. The van der Waals surface area contributed by atoms with Crippen LogP contribution in [-0.2, 0) is 11.3 Å². The molecular weight excluding hydrogens is 328 g/mol. The van der Waals surface area contributed by atoms with E-state index >= 15 is 0 Å². The van der Waals surface area contributed by atoms with Gasteiger partial charge in [-0.2, -0.15) is 0 Å². The number of furan rings is 1. The molecule has 1 aliphatic rings. The van der Waals surface area contributed by atoms with Gasteiger partial charge in [0.05, 0.1) is 0 Å². The van der Waals surface area contributed by atoms with E-state index in [-0.39, 0.29) is 5.91 Å².